The van der Waals surface area contributed by atoms with Gasteiger partial charge in [0.2, 0.25) is 11.8 Å². The van der Waals surface area contributed by atoms with Gasteiger partial charge in [-0.15, -0.1) is 0 Å². The molecule has 1 aliphatic rings. The second kappa shape index (κ2) is 11.7. The number of rotatable bonds is 8. The highest BCUT2D eigenvalue weighted by molar-refractivity contribution is 5.97. The number of ether oxygens (including phenoxy) is 1. The number of hydrogen-bond donors (Lipinski definition) is 2. The van der Waals surface area contributed by atoms with Crippen LogP contribution in [-0.2, 0) is 16.0 Å². The van der Waals surface area contributed by atoms with Crippen molar-refractivity contribution in [1.82, 2.24) is 15.5 Å². The smallest absolute Gasteiger partial charge is 0.251 e. The van der Waals surface area contributed by atoms with Gasteiger partial charge in [-0.2, -0.15) is 0 Å². The predicted octanol–water partition coefficient (Wildman–Crippen LogP) is 3.11. The molecule has 1 heterocycles. The van der Waals surface area contributed by atoms with Gasteiger partial charge in [-0.3, -0.25) is 14.4 Å². The molecule has 2 aromatic carbocycles. The molecule has 7 nitrogen and oxygen atoms in total. The zero-order chi connectivity index (χ0) is 24.7. The minimum Gasteiger partial charge on any atom is -0.496 e. The SMILES string of the molecule is COc1ccccc1CC(=O)N1CCC(NC(=O)C(NC(=O)c2ccc(C)cc2)C(C)C)CC1. The molecule has 0 bridgehead atoms. The molecule has 34 heavy (non-hydrogen) atoms. The van der Waals surface area contributed by atoms with E-state index in [9.17, 15) is 14.4 Å². The van der Waals surface area contributed by atoms with Crippen LogP contribution < -0.4 is 15.4 Å². The number of amides is 3. The number of nitrogens with zero attached hydrogens (tertiary/aromatic N) is 1. The monoisotopic (exact) mass is 465 g/mol. The molecule has 2 aromatic rings. The maximum absolute atomic E-state index is 13.0. The van der Waals surface area contributed by atoms with Crippen molar-refractivity contribution in [2.45, 2.75) is 52.1 Å². The van der Waals surface area contributed by atoms with E-state index >= 15 is 0 Å². The normalized spacial score (nSPS) is 15.0. The molecule has 0 radical (unpaired) electrons. The molecule has 0 aromatic heterocycles. The lowest BCUT2D eigenvalue weighted by Crippen LogP contribution is -2.54. The third kappa shape index (κ3) is 6.59. The van der Waals surface area contributed by atoms with E-state index in [-0.39, 0.29) is 29.7 Å². The molecule has 1 atom stereocenters. The second-order valence-electron chi connectivity index (χ2n) is 9.21. The van der Waals surface area contributed by atoms with E-state index in [0.717, 1.165) is 11.1 Å². The summed E-state index contributed by atoms with van der Waals surface area (Å²) in [7, 11) is 1.60. The molecular formula is C27H35N3O4. The number of piperidine rings is 1. The Morgan fingerprint density at radius 1 is 1.03 bits per heavy atom. The largest absolute Gasteiger partial charge is 0.496 e. The molecule has 0 aliphatic carbocycles. The summed E-state index contributed by atoms with van der Waals surface area (Å²) in [6.07, 6.45) is 1.65. The zero-order valence-corrected chi connectivity index (χ0v) is 20.5. The molecular weight excluding hydrogens is 430 g/mol. The van der Waals surface area contributed by atoms with E-state index in [2.05, 4.69) is 10.6 Å². The van der Waals surface area contributed by atoms with E-state index < -0.39 is 6.04 Å². The van der Waals surface area contributed by atoms with Crippen molar-refractivity contribution in [2.24, 2.45) is 5.92 Å². The summed E-state index contributed by atoms with van der Waals surface area (Å²) in [5.74, 6) is 0.266. The fraction of sp³-hybridized carbons (Fsp3) is 0.444. The minimum absolute atomic E-state index is 0.0275. The van der Waals surface area contributed by atoms with Gasteiger partial charge in [-0.1, -0.05) is 49.7 Å². The highest BCUT2D eigenvalue weighted by Crippen LogP contribution is 2.20. The standard InChI is InChI=1S/C27H35N3O4/c1-18(2)25(29-26(32)20-11-9-19(3)10-12-20)27(33)28-22-13-15-30(16-14-22)24(31)17-21-7-5-6-8-23(21)34-4/h5-12,18,22,25H,13-17H2,1-4H3,(H,28,33)(H,29,32). The van der Waals surface area contributed by atoms with Crippen LogP contribution >= 0.6 is 0 Å². The lowest BCUT2D eigenvalue weighted by Gasteiger charge is -2.34. The molecule has 1 aliphatic heterocycles. The average Bonchev–Trinajstić information content (AvgIpc) is 2.83. The van der Waals surface area contributed by atoms with Gasteiger partial charge >= 0.3 is 0 Å². The minimum atomic E-state index is -0.626. The van der Waals surface area contributed by atoms with Crippen LogP contribution in [0.2, 0.25) is 0 Å². The summed E-state index contributed by atoms with van der Waals surface area (Å²) < 4.78 is 5.35. The Kier molecular flexibility index (Phi) is 8.68. The molecule has 3 rings (SSSR count). The molecule has 3 amide bonds. The average molecular weight is 466 g/mol. The number of hydrogen-bond acceptors (Lipinski definition) is 4. The van der Waals surface area contributed by atoms with Crippen molar-refractivity contribution in [1.29, 1.82) is 0 Å². The van der Waals surface area contributed by atoms with Crippen LogP contribution in [0, 0.1) is 12.8 Å². The lowest BCUT2D eigenvalue weighted by atomic mass is 9.99. The first-order chi connectivity index (χ1) is 16.3. The van der Waals surface area contributed by atoms with Gasteiger partial charge in [0.15, 0.2) is 0 Å². The van der Waals surface area contributed by atoms with Crippen LogP contribution in [0.1, 0.15) is 48.2 Å². The lowest BCUT2D eigenvalue weighted by molar-refractivity contribution is -0.131. The Hall–Kier alpha value is -3.35. The number of methoxy groups -OCH3 is 1. The number of likely N-dealkylation sites (tertiary alicyclic amines) is 1. The van der Waals surface area contributed by atoms with E-state index in [1.54, 1.807) is 19.2 Å². The van der Waals surface area contributed by atoms with Crippen LogP contribution in [0.3, 0.4) is 0 Å². The maximum atomic E-state index is 13.0. The summed E-state index contributed by atoms with van der Waals surface area (Å²) in [5.41, 5.74) is 2.47. The Bertz CT molecular complexity index is 995. The van der Waals surface area contributed by atoms with Crippen molar-refractivity contribution in [2.75, 3.05) is 20.2 Å². The van der Waals surface area contributed by atoms with Gasteiger partial charge < -0.3 is 20.3 Å². The summed E-state index contributed by atoms with van der Waals surface area (Å²) >= 11 is 0. The molecule has 1 unspecified atom stereocenters. The number of carbonyl (C=O) groups excluding carboxylic acids is 3. The van der Waals surface area contributed by atoms with Crippen molar-refractivity contribution in [3.63, 3.8) is 0 Å². The topological polar surface area (TPSA) is 87.7 Å². The Balaban J connectivity index is 1.51. The van der Waals surface area contributed by atoms with Crippen molar-refractivity contribution < 1.29 is 19.1 Å². The summed E-state index contributed by atoms with van der Waals surface area (Å²) in [6, 6.07) is 14.2. The summed E-state index contributed by atoms with van der Waals surface area (Å²) in [4.78, 5) is 40.2. The maximum Gasteiger partial charge on any atom is 0.251 e. The van der Waals surface area contributed by atoms with Gasteiger partial charge in [-0.05, 0) is 43.9 Å². The second-order valence-corrected chi connectivity index (χ2v) is 9.21. The number of benzene rings is 2. The van der Waals surface area contributed by atoms with Gasteiger partial charge in [0, 0.05) is 30.3 Å². The summed E-state index contributed by atoms with van der Waals surface area (Å²) in [6.45, 7) is 6.96. The molecule has 2 N–H and O–H groups in total. The highest BCUT2D eigenvalue weighted by Gasteiger charge is 2.29. The number of carbonyl (C=O) groups is 3. The van der Waals surface area contributed by atoms with Crippen molar-refractivity contribution >= 4 is 17.7 Å². The van der Waals surface area contributed by atoms with Crippen LogP contribution in [0.5, 0.6) is 5.75 Å². The first-order valence-electron chi connectivity index (χ1n) is 11.9. The van der Waals surface area contributed by atoms with Crippen molar-refractivity contribution in [3.8, 4) is 5.75 Å². The molecule has 1 fully saturated rings. The van der Waals surface area contributed by atoms with Gasteiger partial charge in [0.05, 0.1) is 13.5 Å². The van der Waals surface area contributed by atoms with E-state index in [0.29, 0.717) is 43.7 Å². The van der Waals surface area contributed by atoms with E-state index in [4.69, 9.17) is 4.74 Å². The van der Waals surface area contributed by atoms with E-state index in [1.165, 1.54) is 0 Å². The number of para-hydroxylation sites is 1. The molecule has 0 spiro atoms. The third-order valence-corrected chi connectivity index (χ3v) is 6.28. The fourth-order valence-corrected chi connectivity index (χ4v) is 4.15. The summed E-state index contributed by atoms with van der Waals surface area (Å²) in [5, 5.41) is 5.96. The highest BCUT2D eigenvalue weighted by atomic mass is 16.5. The molecule has 7 heteroatoms. The molecule has 1 saturated heterocycles. The Morgan fingerprint density at radius 2 is 1.68 bits per heavy atom. The van der Waals surface area contributed by atoms with Gasteiger partial charge in [0.25, 0.3) is 5.91 Å². The van der Waals surface area contributed by atoms with Crippen LogP contribution in [0.25, 0.3) is 0 Å². The zero-order valence-electron chi connectivity index (χ0n) is 20.5. The third-order valence-electron chi connectivity index (χ3n) is 6.28. The first-order valence-corrected chi connectivity index (χ1v) is 11.9. The van der Waals surface area contributed by atoms with Gasteiger partial charge in [0.1, 0.15) is 11.8 Å². The number of nitrogens with one attached hydrogen (secondary N) is 2. The Morgan fingerprint density at radius 3 is 2.29 bits per heavy atom. The Labute approximate surface area is 201 Å². The van der Waals surface area contributed by atoms with Crippen LogP contribution in [-0.4, -0.2) is 54.9 Å². The van der Waals surface area contributed by atoms with Crippen molar-refractivity contribution in [3.05, 3.63) is 65.2 Å². The number of aryl methyl sites for hydroxylation is 1. The predicted molar refractivity (Wildman–Crippen MR) is 132 cm³/mol. The quantitative estimate of drug-likeness (QED) is 0.627. The first kappa shape index (κ1) is 25.3. The van der Waals surface area contributed by atoms with Crippen LogP contribution in [0.4, 0.5) is 0 Å². The van der Waals surface area contributed by atoms with Gasteiger partial charge in [-0.25, -0.2) is 0 Å². The fourth-order valence-electron chi connectivity index (χ4n) is 4.15. The molecule has 0 saturated carbocycles. The van der Waals surface area contributed by atoms with Crippen LogP contribution in [0.15, 0.2) is 48.5 Å². The molecule has 182 valence electrons. The van der Waals surface area contributed by atoms with E-state index in [1.807, 2.05) is 62.1 Å².